The van der Waals surface area contributed by atoms with Crippen LogP contribution in [0.2, 0.25) is 5.02 Å². The average Bonchev–Trinajstić information content (AvgIpc) is 2.78. The number of rotatable bonds is 6. The minimum absolute atomic E-state index is 0.164. The van der Waals surface area contributed by atoms with Gasteiger partial charge in [0, 0.05) is 21.7 Å². The highest BCUT2D eigenvalue weighted by Crippen LogP contribution is 2.30. The predicted octanol–water partition coefficient (Wildman–Crippen LogP) is 7.15. The zero-order chi connectivity index (χ0) is 20.9. The summed E-state index contributed by atoms with van der Waals surface area (Å²) >= 11 is 6.38. The fourth-order valence-electron chi connectivity index (χ4n) is 3.50. The molecular weight excluding hydrogens is 392 g/mol. The highest BCUT2D eigenvalue weighted by Gasteiger charge is 2.15. The van der Waals surface area contributed by atoms with Crippen molar-refractivity contribution in [2.45, 2.75) is 26.2 Å². The molecular formula is C26H23ClN2O. The van der Waals surface area contributed by atoms with Crippen molar-refractivity contribution in [1.29, 1.82) is 0 Å². The highest BCUT2D eigenvalue weighted by molar-refractivity contribution is 6.33. The Morgan fingerprint density at radius 3 is 2.47 bits per heavy atom. The van der Waals surface area contributed by atoms with Crippen LogP contribution in [0, 0.1) is 0 Å². The maximum absolute atomic E-state index is 13.2. The monoisotopic (exact) mass is 414 g/mol. The van der Waals surface area contributed by atoms with Crippen molar-refractivity contribution in [3.05, 3.63) is 95.0 Å². The van der Waals surface area contributed by atoms with E-state index in [1.165, 1.54) is 18.4 Å². The molecule has 4 rings (SSSR count). The Kier molecular flexibility index (Phi) is 6.10. The summed E-state index contributed by atoms with van der Waals surface area (Å²) in [7, 11) is 0. The lowest BCUT2D eigenvalue weighted by molar-refractivity contribution is 0.102. The van der Waals surface area contributed by atoms with Crippen LogP contribution in [0.1, 0.15) is 35.7 Å². The van der Waals surface area contributed by atoms with E-state index in [1.54, 1.807) is 0 Å². The van der Waals surface area contributed by atoms with Crippen molar-refractivity contribution in [3.8, 4) is 11.3 Å². The van der Waals surface area contributed by atoms with E-state index >= 15 is 0 Å². The van der Waals surface area contributed by atoms with Crippen molar-refractivity contribution < 1.29 is 4.79 Å². The number of benzene rings is 3. The van der Waals surface area contributed by atoms with Crippen LogP contribution < -0.4 is 5.32 Å². The second-order valence-electron chi connectivity index (χ2n) is 7.31. The summed E-state index contributed by atoms with van der Waals surface area (Å²) in [6.45, 7) is 2.19. The van der Waals surface area contributed by atoms with Crippen LogP contribution in [0.4, 0.5) is 5.69 Å². The number of anilines is 1. The third kappa shape index (κ3) is 4.37. The van der Waals surface area contributed by atoms with E-state index in [4.69, 9.17) is 16.6 Å². The number of hydrogen-bond donors (Lipinski definition) is 1. The van der Waals surface area contributed by atoms with Gasteiger partial charge in [-0.2, -0.15) is 0 Å². The maximum atomic E-state index is 13.2. The first-order valence-corrected chi connectivity index (χ1v) is 10.6. The van der Waals surface area contributed by atoms with E-state index in [2.05, 4.69) is 24.4 Å². The topological polar surface area (TPSA) is 42.0 Å². The zero-order valence-corrected chi connectivity index (χ0v) is 17.6. The number of nitrogens with one attached hydrogen (secondary N) is 1. The number of para-hydroxylation sites is 1. The summed E-state index contributed by atoms with van der Waals surface area (Å²) in [5.74, 6) is -0.164. The van der Waals surface area contributed by atoms with Gasteiger partial charge in [-0.1, -0.05) is 73.5 Å². The minimum Gasteiger partial charge on any atom is -0.322 e. The molecule has 0 atom stereocenters. The van der Waals surface area contributed by atoms with Gasteiger partial charge >= 0.3 is 0 Å². The van der Waals surface area contributed by atoms with E-state index in [0.29, 0.717) is 16.3 Å². The minimum atomic E-state index is -0.164. The molecule has 0 fully saturated rings. The highest BCUT2D eigenvalue weighted by atomic mass is 35.5. The second kappa shape index (κ2) is 9.10. The summed E-state index contributed by atoms with van der Waals surface area (Å²) in [5.41, 5.74) is 4.88. The van der Waals surface area contributed by atoms with Crippen LogP contribution in [-0.4, -0.2) is 10.9 Å². The van der Waals surface area contributed by atoms with E-state index in [-0.39, 0.29) is 5.91 Å². The average molecular weight is 415 g/mol. The van der Waals surface area contributed by atoms with Gasteiger partial charge in [-0.3, -0.25) is 4.79 Å². The van der Waals surface area contributed by atoms with Crippen LogP contribution in [0.5, 0.6) is 0 Å². The van der Waals surface area contributed by atoms with E-state index in [9.17, 15) is 4.79 Å². The lowest BCUT2D eigenvalue weighted by atomic mass is 10.0. The Balaban J connectivity index is 1.69. The van der Waals surface area contributed by atoms with Crippen molar-refractivity contribution in [2.24, 2.45) is 0 Å². The van der Waals surface area contributed by atoms with Crippen LogP contribution >= 0.6 is 11.6 Å². The second-order valence-corrected chi connectivity index (χ2v) is 7.71. The Hall–Kier alpha value is -3.17. The first-order chi connectivity index (χ1) is 14.7. The number of aromatic nitrogens is 1. The molecule has 1 aromatic heterocycles. The molecule has 3 nitrogen and oxygen atoms in total. The molecule has 1 heterocycles. The molecule has 0 saturated heterocycles. The van der Waals surface area contributed by atoms with Gasteiger partial charge in [0.1, 0.15) is 0 Å². The fourth-order valence-corrected chi connectivity index (χ4v) is 3.74. The largest absolute Gasteiger partial charge is 0.322 e. The molecule has 0 aliphatic heterocycles. The number of halogens is 1. The summed E-state index contributed by atoms with van der Waals surface area (Å²) in [4.78, 5) is 17.9. The van der Waals surface area contributed by atoms with Crippen molar-refractivity contribution >= 4 is 34.1 Å². The SMILES string of the molecule is CCCCc1ccc(NC(=O)c2cc(-c3ccccc3Cl)nc3ccccc23)cc1. The number of hydrogen-bond acceptors (Lipinski definition) is 2. The standard InChI is InChI=1S/C26H23ClN2O/c1-2-3-8-18-13-15-19(16-14-18)28-26(30)22-17-25(21-10-4-6-11-23(21)27)29-24-12-7-5-9-20(22)24/h4-7,9-17H,2-3,8H2,1H3,(H,28,30). The van der Waals surface area contributed by atoms with Gasteiger partial charge in [0.25, 0.3) is 5.91 Å². The van der Waals surface area contributed by atoms with E-state index < -0.39 is 0 Å². The Bertz CT molecular complexity index is 1190. The Labute approximate surface area is 181 Å². The molecule has 0 saturated carbocycles. The molecule has 3 aromatic carbocycles. The predicted molar refractivity (Wildman–Crippen MR) is 125 cm³/mol. The molecule has 0 spiro atoms. The number of pyridine rings is 1. The molecule has 0 aliphatic carbocycles. The van der Waals surface area contributed by atoms with Crippen molar-refractivity contribution in [2.75, 3.05) is 5.32 Å². The smallest absolute Gasteiger partial charge is 0.256 e. The van der Waals surface area contributed by atoms with Crippen LogP contribution in [-0.2, 0) is 6.42 Å². The Morgan fingerprint density at radius 2 is 1.70 bits per heavy atom. The molecule has 0 radical (unpaired) electrons. The summed E-state index contributed by atoms with van der Waals surface area (Å²) < 4.78 is 0. The number of carbonyl (C=O) groups is 1. The fraction of sp³-hybridized carbons (Fsp3) is 0.154. The number of fused-ring (bicyclic) bond motifs is 1. The number of nitrogens with zero attached hydrogens (tertiary/aromatic N) is 1. The molecule has 4 aromatic rings. The lowest BCUT2D eigenvalue weighted by Gasteiger charge is -2.12. The third-order valence-corrected chi connectivity index (χ3v) is 5.47. The van der Waals surface area contributed by atoms with Crippen LogP contribution in [0.25, 0.3) is 22.2 Å². The third-order valence-electron chi connectivity index (χ3n) is 5.14. The van der Waals surface area contributed by atoms with Gasteiger partial charge in [-0.15, -0.1) is 0 Å². The normalized spacial score (nSPS) is 10.9. The summed E-state index contributed by atoms with van der Waals surface area (Å²) in [5, 5.41) is 4.44. The first-order valence-electron chi connectivity index (χ1n) is 10.2. The summed E-state index contributed by atoms with van der Waals surface area (Å²) in [6.07, 6.45) is 3.39. The van der Waals surface area contributed by atoms with E-state index in [1.807, 2.05) is 66.7 Å². The zero-order valence-electron chi connectivity index (χ0n) is 16.9. The summed E-state index contributed by atoms with van der Waals surface area (Å²) in [6, 6.07) is 25.1. The van der Waals surface area contributed by atoms with E-state index in [0.717, 1.165) is 28.6 Å². The van der Waals surface area contributed by atoms with Gasteiger partial charge in [0.2, 0.25) is 0 Å². The number of aryl methyl sites for hydroxylation is 1. The number of carbonyl (C=O) groups excluding carboxylic acids is 1. The van der Waals surface area contributed by atoms with Crippen LogP contribution in [0.15, 0.2) is 78.9 Å². The first kappa shape index (κ1) is 20.1. The molecule has 150 valence electrons. The molecule has 0 bridgehead atoms. The Morgan fingerprint density at radius 1 is 0.967 bits per heavy atom. The van der Waals surface area contributed by atoms with Gasteiger partial charge in [0.05, 0.1) is 16.8 Å². The molecule has 30 heavy (non-hydrogen) atoms. The van der Waals surface area contributed by atoms with Gasteiger partial charge < -0.3 is 5.32 Å². The maximum Gasteiger partial charge on any atom is 0.256 e. The van der Waals surface area contributed by atoms with Gasteiger partial charge in [-0.25, -0.2) is 4.98 Å². The molecule has 0 aliphatic rings. The van der Waals surface area contributed by atoms with Crippen molar-refractivity contribution in [1.82, 2.24) is 4.98 Å². The van der Waals surface area contributed by atoms with Crippen LogP contribution in [0.3, 0.4) is 0 Å². The number of amides is 1. The molecule has 1 amide bonds. The molecule has 1 N–H and O–H groups in total. The quantitative estimate of drug-likeness (QED) is 0.364. The van der Waals surface area contributed by atoms with Gasteiger partial charge in [-0.05, 0) is 48.7 Å². The molecule has 4 heteroatoms. The number of unbranched alkanes of at least 4 members (excludes halogenated alkanes) is 1. The lowest BCUT2D eigenvalue weighted by Crippen LogP contribution is -2.13. The van der Waals surface area contributed by atoms with Gasteiger partial charge in [0.15, 0.2) is 0 Å². The van der Waals surface area contributed by atoms with Crippen molar-refractivity contribution in [3.63, 3.8) is 0 Å². The molecule has 0 unspecified atom stereocenters.